The van der Waals surface area contributed by atoms with Crippen molar-refractivity contribution in [1.29, 1.82) is 0 Å². The van der Waals surface area contributed by atoms with Crippen molar-refractivity contribution in [1.82, 2.24) is 4.57 Å². The quantitative estimate of drug-likeness (QED) is 0.675. The molecule has 0 radical (unpaired) electrons. The monoisotopic (exact) mass is 264 g/mol. The molecule has 2 N–H and O–H groups in total. The molecule has 0 spiro atoms. The van der Waals surface area contributed by atoms with Crippen LogP contribution in [0.3, 0.4) is 0 Å². The van der Waals surface area contributed by atoms with Gasteiger partial charge < -0.3 is 10.3 Å². The van der Waals surface area contributed by atoms with Crippen LogP contribution in [0.4, 0.5) is 5.69 Å². The lowest BCUT2D eigenvalue weighted by Crippen LogP contribution is -1.96. The van der Waals surface area contributed by atoms with Gasteiger partial charge in [-0.05, 0) is 49.2 Å². The molecule has 2 nitrogen and oxygen atoms in total. The van der Waals surface area contributed by atoms with Gasteiger partial charge >= 0.3 is 0 Å². The van der Waals surface area contributed by atoms with Gasteiger partial charge in [-0.15, -0.1) is 0 Å². The van der Waals surface area contributed by atoms with E-state index in [9.17, 15) is 0 Å². The highest BCUT2D eigenvalue weighted by molar-refractivity contribution is 6.09. The molecular formula is C18H20N2. The van der Waals surface area contributed by atoms with E-state index < -0.39 is 0 Å². The van der Waals surface area contributed by atoms with Crippen LogP contribution in [0.1, 0.15) is 25.8 Å². The van der Waals surface area contributed by atoms with Gasteiger partial charge in [0, 0.05) is 34.0 Å². The fourth-order valence-corrected chi connectivity index (χ4v) is 2.85. The number of hydrogen-bond donors (Lipinski definition) is 1. The summed E-state index contributed by atoms with van der Waals surface area (Å²) in [6, 6.07) is 12.8. The Bertz CT molecular complexity index is 809. The van der Waals surface area contributed by atoms with Crippen molar-refractivity contribution in [3.63, 3.8) is 0 Å². The molecule has 0 unspecified atom stereocenters. The van der Waals surface area contributed by atoms with E-state index in [2.05, 4.69) is 48.4 Å². The summed E-state index contributed by atoms with van der Waals surface area (Å²) in [4.78, 5) is 0. The largest absolute Gasteiger partial charge is 0.399 e. The average molecular weight is 264 g/mol. The van der Waals surface area contributed by atoms with Gasteiger partial charge in [0.25, 0.3) is 0 Å². The van der Waals surface area contributed by atoms with Gasteiger partial charge in [-0.25, -0.2) is 0 Å². The zero-order valence-corrected chi connectivity index (χ0v) is 12.1. The lowest BCUT2D eigenvalue weighted by molar-refractivity contribution is 0.724. The van der Waals surface area contributed by atoms with Gasteiger partial charge in [-0.1, -0.05) is 25.1 Å². The number of nitrogens with zero attached hydrogens (tertiary/aromatic N) is 1. The molecule has 0 saturated carbocycles. The first-order chi connectivity index (χ1) is 9.61. The third kappa shape index (κ3) is 1.88. The van der Waals surface area contributed by atoms with Crippen molar-refractivity contribution >= 4 is 33.1 Å². The molecular weight excluding hydrogens is 244 g/mol. The summed E-state index contributed by atoms with van der Waals surface area (Å²) in [7, 11) is 0. The molecule has 3 aromatic rings. The summed E-state index contributed by atoms with van der Waals surface area (Å²) in [6.07, 6.45) is 1.12. The Morgan fingerprint density at radius 2 is 1.75 bits per heavy atom. The van der Waals surface area contributed by atoms with Crippen LogP contribution in [0.25, 0.3) is 27.4 Å². The normalized spacial score (nSPS) is 11.3. The van der Waals surface area contributed by atoms with E-state index in [1.54, 1.807) is 0 Å². The molecule has 20 heavy (non-hydrogen) atoms. The Hall–Kier alpha value is -2.22. The first-order valence-corrected chi connectivity index (χ1v) is 7.09. The summed E-state index contributed by atoms with van der Waals surface area (Å²) < 4.78 is 2.38. The molecule has 1 heterocycles. The minimum absolute atomic E-state index is 0.814. The molecule has 0 fully saturated rings. The minimum atomic E-state index is 0.814. The predicted octanol–water partition coefficient (Wildman–Crippen LogP) is 4.82. The zero-order chi connectivity index (χ0) is 14.3. The molecule has 2 heteroatoms. The number of benzene rings is 2. The van der Waals surface area contributed by atoms with E-state index in [1.807, 2.05) is 13.0 Å². The lowest BCUT2D eigenvalue weighted by atomic mass is 10.0. The number of allylic oxidation sites excluding steroid dienone is 1. The number of hydrogen-bond acceptors (Lipinski definition) is 1. The molecule has 0 saturated heterocycles. The van der Waals surface area contributed by atoms with Crippen LogP contribution in [0.15, 0.2) is 43.0 Å². The van der Waals surface area contributed by atoms with Crippen LogP contribution in [-0.2, 0) is 6.54 Å². The third-order valence-corrected chi connectivity index (χ3v) is 3.83. The van der Waals surface area contributed by atoms with Crippen molar-refractivity contribution in [3.05, 3.63) is 48.5 Å². The van der Waals surface area contributed by atoms with Crippen LogP contribution in [0, 0.1) is 0 Å². The number of nitrogens with two attached hydrogens (primary N) is 1. The van der Waals surface area contributed by atoms with Crippen molar-refractivity contribution in [3.8, 4) is 0 Å². The van der Waals surface area contributed by atoms with Crippen LogP contribution in [0.2, 0.25) is 0 Å². The zero-order valence-electron chi connectivity index (χ0n) is 12.1. The molecule has 3 rings (SSSR count). The first kappa shape index (κ1) is 12.8. The maximum atomic E-state index is 5.97. The Morgan fingerprint density at radius 3 is 2.40 bits per heavy atom. The molecule has 0 aliphatic rings. The molecule has 2 aromatic carbocycles. The predicted molar refractivity (Wildman–Crippen MR) is 88.9 cm³/mol. The number of anilines is 1. The number of rotatable bonds is 3. The van der Waals surface area contributed by atoms with E-state index in [0.29, 0.717) is 0 Å². The fourth-order valence-electron chi connectivity index (χ4n) is 2.85. The third-order valence-electron chi connectivity index (χ3n) is 3.83. The molecule has 1 aromatic heterocycles. The summed E-state index contributed by atoms with van der Waals surface area (Å²) >= 11 is 0. The average Bonchev–Trinajstić information content (AvgIpc) is 2.73. The molecule has 0 aliphatic heterocycles. The van der Waals surface area contributed by atoms with Gasteiger partial charge in [0.1, 0.15) is 0 Å². The van der Waals surface area contributed by atoms with Crippen molar-refractivity contribution < 1.29 is 0 Å². The number of nitrogen functional groups attached to an aromatic ring is 1. The minimum Gasteiger partial charge on any atom is -0.399 e. The summed E-state index contributed by atoms with van der Waals surface area (Å²) in [6.45, 7) is 9.31. The smallest absolute Gasteiger partial charge is 0.0492 e. The van der Waals surface area contributed by atoms with Crippen LogP contribution >= 0.6 is 0 Å². The standard InChI is InChI=1S/C18H20N2/c1-4-9-20-17-7-5-13(12(2)3)10-15(17)16-11-14(19)6-8-18(16)20/h5-8,10-11H,2,4,9,19H2,1,3H3. The van der Waals surface area contributed by atoms with E-state index in [1.165, 1.54) is 27.4 Å². The second kappa shape index (κ2) is 4.71. The highest BCUT2D eigenvalue weighted by atomic mass is 15.0. The Labute approximate surface area is 119 Å². The lowest BCUT2D eigenvalue weighted by Gasteiger charge is -2.06. The topological polar surface area (TPSA) is 30.9 Å². The molecule has 0 bridgehead atoms. The highest BCUT2D eigenvalue weighted by Gasteiger charge is 2.11. The second-order valence-corrected chi connectivity index (χ2v) is 5.44. The highest BCUT2D eigenvalue weighted by Crippen LogP contribution is 2.32. The molecule has 102 valence electrons. The molecule has 0 atom stereocenters. The fraction of sp³-hybridized carbons (Fsp3) is 0.222. The summed E-state index contributed by atoms with van der Waals surface area (Å²) in [5, 5.41) is 2.50. The maximum Gasteiger partial charge on any atom is 0.0492 e. The van der Waals surface area contributed by atoms with Crippen LogP contribution in [0.5, 0.6) is 0 Å². The van der Waals surface area contributed by atoms with Gasteiger partial charge in [0.15, 0.2) is 0 Å². The van der Waals surface area contributed by atoms with E-state index in [0.717, 1.165) is 24.2 Å². The van der Waals surface area contributed by atoms with E-state index >= 15 is 0 Å². The SMILES string of the molecule is C=C(C)c1ccc2c(c1)c1cc(N)ccc1n2CCC. The number of fused-ring (bicyclic) bond motifs is 3. The maximum absolute atomic E-state index is 5.97. The Morgan fingerprint density at radius 1 is 1.10 bits per heavy atom. The van der Waals surface area contributed by atoms with Crippen molar-refractivity contribution in [2.75, 3.05) is 5.73 Å². The van der Waals surface area contributed by atoms with Crippen LogP contribution < -0.4 is 5.73 Å². The summed E-state index contributed by atoms with van der Waals surface area (Å²) in [5.41, 5.74) is 11.6. The van der Waals surface area contributed by atoms with Gasteiger partial charge in [0.2, 0.25) is 0 Å². The molecule has 0 amide bonds. The van der Waals surface area contributed by atoms with E-state index in [-0.39, 0.29) is 0 Å². The van der Waals surface area contributed by atoms with Crippen LogP contribution in [-0.4, -0.2) is 4.57 Å². The van der Waals surface area contributed by atoms with Gasteiger partial charge in [-0.3, -0.25) is 0 Å². The van der Waals surface area contributed by atoms with Crippen molar-refractivity contribution in [2.24, 2.45) is 0 Å². The Balaban J connectivity index is 2.43. The molecule has 0 aliphatic carbocycles. The summed E-state index contributed by atoms with van der Waals surface area (Å²) in [5.74, 6) is 0. The number of aromatic nitrogens is 1. The van der Waals surface area contributed by atoms with Crippen molar-refractivity contribution in [2.45, 2.75) is 26.8 Å². The Kier molecular flexibility index (Phi) is 3.01. The van der Waals surface area contributed by atoms with E-state index in [4.69, 9.17) is 5.73 Å². The number of aryl methyl sites for hydroxylation is 1. The second-order valence-electron chi connectivity index (χ2n) is 5.44. The van der Waals surface area contributed by atoms with Gasteiger partial charge in [0.05, 0.1) is 0 Å². The van der Waals surface area contributed by atoms with Gasteiger partial charge in [-0.2, -0.15) is 0 Å². The first-order valence-electron chi connectivity index (χ1n) is 7.09.